The van der Waals surface area contributed by atoms with E-state index in [0.29, 0.717) is 6.10 Å². The second kappa shape index (κ2) is 5.35. The van der Waals surface area contributed by atoms with Crippen molar-refractivity contribution in [3.8, 4) is 17.2 Å². The number of rotatable bonds is 4. The van der Waals surface area contributed by atoms with Crippen LogP contribution in [0.1, 0.15) is 5.56 Å². The first-order valence-corrected chi connectivity index (χ1v) is 7.37. The second-order valence-electron chi connectivity index (χ2n) is 5.60. The smallest absolute Gasteiger partial charge is 0.128 e. The van der Waals surface area contributed by atoms with E-state index in [-0.39, 0.29) is 5.75 Å². The molecule has 0 aliphatic carbocycles. The molecule has 1 N–H and O–H groups in total. The average Bonchev–Trinajstić information content (AvgIpc) is 3.33. The third kappa shape index (κ3) is 2.90. The molecular weight excluding hydrogens is 276 g/mol. The number of hydrogen-bond donors (Lipinski definition) is 1. The van der Waals surface area contributed by atoms with Crippen molar-refractivity contribution in [2.75, 3.05) is 6.61 Å². The van der Waals surface area contributed by atoms with Gasteiger partial charge < -0.3 is 14.6 Å². The fraction of sp³-hybridized carbons (Fsp3) is 0.158. The van der Waals surface area contributed by atoms with Crippen LogP contribution >= 0.6 is 0 Å². The van der Waals surface area contributed by atoms with E-state index in [1.165, 1.54) is 5.56 Å². The third-order valence-corrected chi connectivity index (χ3v) is 3.82. The Balaban J connectivity index is 1.53. The fourth-order valence-corrected chi connectivity index (χ4v) is 2.55. The highest BCUT2D eigenvalue weighted by atomic mass is 16.6. The van der Waals surface area contributed by atoms with Crippen molar-refractivity contribution >= 4 is 10.8 Å². The number of epoxide rings is 1. The minimum Gasteiger partial charge on any atom is -0.508 e. The number of ether oxygens (including phenoxy) is 2. The first-order valence-electron chi connectivity index (χ1n) is 7.37. The molecule has 1 heterocycles. The molecule has 3 aromatic rings. The maximum absolute atomic E-state index is 9.49. The molecule has 1 saturated heterocycles. The molecule has 0 radical (unpaired) electrons. The van der Waals surface area contributed by atoms with Gasteiger partial charge in [-0.05, 0) is 52.7 Å². The molecule has 1 atom stereocenters. The predicted octanol–water partition coefficient (Wildman–Crippen LogP) is 4.28. The molecule has 1 fully saturated rings. The normalized spacial score (nSPS) is 16.6. The Kier molecular flexibility index (Phi) is 3.20. The van der Waals surface area contributed by atoms with Crippen LogP contribution < -0.4 is 4.74 Å². The molecule has 0 bridgehead atoms. The fourth-order valence-electron chi connectivity index (χ4n) is 2.55. The maximum Gasteiger partial charge on any atom is 0.128 e. The minimum atomic E-state index is 0.274. The molecule has 0 spiro atoms. The molecule has 3 heteroatoms. The van der Waals surface area contributed by atoms with Crippen molar-refractivity contribution in [2.45, 2.75) is 12.5 Å². The summed E-state index contributed by atoms with van der Waals surface area (Å²) in [6, 6.07) is 19.3. The van der Waals surface area contributed by atoms with Crippen molar-refractivity contribution in [3.63, 3.8) is 0 Å². The van der Waals surface area contributed by atoms with Gasteiger partial charge in [0.15, 0.2) is 0 Å². The Morgan fingerprint density at radius 2 is 1.59 bits per heavy atom. The summed E-state index contributed by atoms with van der Waals surface area (Å²) in [4.78, 5) is 0. The first-order chi connectivity index (χ1) is 10.8. The number of fused-ring (bicyclic) bond motifs is 1. The highest BCUT2D eigenvalue weighted by Gasteiger charge is 2.22. The van der Waals surface area contributed by atoms with E-state index in [4.69, 9.17) is 9.47 Å². The van der Waals surface area contributed by atoms with E-state index in [1.54, 1.807) is 12.1 Å². The van der Waals surface area contributed by atoms with E-state index in [1.807, 2.05) is 36.4 Å². The highest BCUT2D eigenvalue weighted by molar-refractivity contribution is 5.85. The van der Waals surface area contributed by atoms with Crippen LogP contribution in [0.3, 0.4) is 0 Å². The number of hydrogen-bond acceptors (Lipinski definition) is 3. The zero-order valence-electron chi connectivity index (χ0n) is 12.0. The summed E-state index contributed by atoms with van der Waals surface area (Å²) in [5.74, 6) is 1.88. The summed E-state index contributed by atoms with van der Waals surface area (Å²) >= 11 is 0. The summed E-state index contributed by atoms with van der Waals surface area (Å²) in [6.07, 6.45) is 1.38. The van der Waals surface area contributed by atoms with Crippen molar-refractivity contribution in [1.29, 1.82) is 0 Å². The lowest BCUT2D eigenvalue weighted by Gasteiger charge is -2.08. The summed E-state index contributed by atoms with van der Waals surface area (Å²) < 4.78 is 11.1. The summed E-state index contributed by atoms with van der Waals surface area (Å²) in [5, 5.41) is 11.5. The second-order valence-corrected chi connectivity index (χ2v) is 5.60. The van der Waals surface area contributed by atoms with E-state index in [2.05, 4.69) is 12.1 Å². The summed E-state index contributed by atoms with van der Waals surface area (Å²) in [5.41, 5.74) is 1.27. The zero-order valence-corrected chi connectivity index (χ0v) is 12.0. The lowest BCUT2D eigenvalue weighted by molar-refractivity contribution is 0.407. The van der Waals surface area contributed by atoms with Gasteiger partial charge >= 0.3 is 0 Å². The highest BCUT2D eigenvalue weighted by Crippen LogP contribution is 2.28. The first kappa shape index (κ1) is 13.2. The lowest BCUT2D eigenvalue weighted by atomic mass is 10.1. The van der Waals surface area contributed by atoms with Gasteiger partial charge in [0.2, 0.25) is 0 Å². The van der Waals surface area contributed by atoms with E-state index < -0.39 is 0 Å². The van der Waals surface area contributed by atoms with Crippen LogP contribution in [0.15, 0.2) is 60.7 Å². The molecule has 4 rings (SSSR count). The SMILES string of the molecule is Oc1ccc2cc(Oc3ccc(CC4CO4)cc3)ccc2c1. The van der Waals surface area contributed by atoms with Crippen molar-refractivity contribution in [2.24, 2.45) is 0 Å². The van der Waals surface area contributed by atoms with Crippen LogP contribution in [0.5, 0.6) is 17.2 Å². The Morgan fingerprint density at radius 3 is 2.36 bits per heavy atom. The van der Waals surface area contributed by atoms with Gasteiger partial charge in [-0.1, -0.05) is 24.3 Å². The Morgan fingerprint density at radius 1 is 0.909 bits per heavy atom. The van der Waals surface area contributed by atoms with Crippen LogP contribution in [0, 0.1) is 0 Å². The quantitative estimate of drug-likeness (QED) is 0.730. The molecule has 3 aromatic carbocycles. The largest absolute Gasteiger partial charge is 0.508 e. The Hall–Kier alpha value is -2.52. The Labute approximate surface area is 128 Å². The van der Waals surface area contributed by atoms with Crippen LogP contribution in [-0.2, 0) is 11.2 Å². The average molecular weight is 292 g/mol. The number of benzene rings is 3. The van der Waals surface area contributed by atoms with Crippen molar-refractivity contribution < 1.29 is 14.6 Å². The molecule has 0 saturated carbocycles. The number of aromatic hydroxyl groups is 1. The van der Waals surface area contributed by atoms with Crippen LogP contribution in [0.25, 0.3) is 10.8 Å². The Bertz CT molecular complexity index is 805. The molecule has 0 aromatic heterocycles. The number of phenols is 1. The molecule has 1 aliphatic heterocycles. The van der Waals surface area contributed by atoms with Gasteiger partial charge in [-0.3, -0.25) is 0 Å². The minimum absolute atomic E-state index is 0.274. The van der Waals surface area contributed by atoms with E-state index in [9.17, 15) is 5.11 Å². The molecule has 1 aliphatic rings. The maximum atomic E-state index is 9.49. The predicted molar refractivity (Wildman–Crippen MR) is 85.6 cm³/mol. The topological polar surface area (TPSA) is 42.0 Å². The van der Waals surface area contributed by atoms with Gasteiger partial charge in [-0.25, -0.2) is 0 Å². The van der Waals surface area contributed by atoms with Crippen molar-refractivity contribution in [3.05, 3.63) is 66.2 Å². The van der Waals surface area contributed by atoms with Gasteiger partial charge in [0.05, 0.1) is 12.7 Å². The standard InChI is InChI=1S/C19H16O3/c20-16-5-3-15-11-18(8-4-14(15)10-16)22-17-6-1-13(2-7-17)9-19-12-21-19/h1-8,10-11,19-20H,9,12H2. The third-order valence-electron chi connectivity index (χ3n) is 3.82. The van der Waals surface area contributed by atoms with Gasteiger partial charge in [0.25, 0.3) is 0 Å². The molecular formula is C19H16O3. The van der Waals surface area contributed by atoms with Crippen LogP contribution in [0.2, 0.25) is 0 Å². The van der Waals surface area contributed by atoms with E-state index >= 15 is 0 Å². The van der Waals surface area contributed by atoms with E-state index in [0.717, 1.165) is 35.3 Å². The van der Waals surface area contributed by atoms with Gasteiger partial charge in [-0.2, -0.15) is 0 Å². The van der Waals surface area contributed by atoms with Gasteiger partial charge in [-0.15, -0.1) is 0 Å². The molecule has 0 amide bonds. The molecule has 110 valence electrons. The number of phenolic OH excluding ortho intramolecular Hbond substituents is 1. The molecule has 22 heavy (non-hydrogen) atoms. The van der Waals surface area contributed by atoms with Crippen molar-refractivity contribution in [1.82, 2.24) is 0 Å². The lowest BCUT2D eigenvalue weighted by Crippen LogP contribution is -1.92. The molecule has 3 nitrogen and oxygen atoms in total. The molecule has 1 unspecified atom stereocenters. The van der Waals surface area contributed by atoms with Gasteiger partial charge in [0.1, 0.15) is 17.2 Å². The zero-order chi connectivity index (χ0) is 14.9. The van der Waals surface area contributed by atoms with Crippen LogP contribution in [0.4, 0.5) is 0 Å². The van der Waals surface area contributed by atoms with Crippen LogP contribution in [-0.4, -0.2) is 17.8 Å². The summed E-state index contributed by atoms with van der Waals surface area (Å²) in [7, 11) is 0. The summed E-state index contributed by atoms with van der Waals surface area (Å²) in [6.45, 7) is 0.880. The van der Waals surface area contributed by atoms with Gasteiger partial charge in [0, 0.05) is 6.42 Å². The monoisotopic (exact) mass is 292 g/mol.